The molecule has 0 radical (unpaired) electrons. The first-order valence-corrected chi connectivity index (χ1v) is 10.7. The average Bonchev–Trinajstić information content (AvgIpc) is 3.34. The first-order valence-electron chi connectivity index (χ1n) is 10.7. The van der Waals surface area contributed by atoms with E-state index in [4.69, 9.17) is 4.74 Å². The van der Waals surface area contributed by atoms with Gasteiger partial charge in [0, 0.05) is 63.8 Å². The highest BCUT2D eigenvalue weighted by molar-refractivity contribution is 5.81. The van der Waals surface area contributed by atoms with Gasteiger partial charge in [-0.2, -0.15) is 0 Å². The molecule has 152 valence electrons. The van der Waals surface area contributed by atoms with Crippen molar-refractivity contribution in [3.05, 3.63) is 0 Å². The molecule has 7 heteroatoms. The minimum Gasteiger partial charge on any atom is -0.381 e. The number of nitrogens with zero attached hydrogens (tertiary/aromatic N) is 3. The maximum atomic E-state index is 11.8. The number of ether oxygens (including phenoxy) is 1. The summed E-state index contributed by atoms with van der Waals surface area (Å²) in [6, 6.07) is 0. The van der Waals surface area contributed by atoms with E-state index in [1.54, 1.807) is 0 Å². The Balaban J connectivity index is 1.41. The maximum Gasteiger partial charge on any atom is 0.220 e. The number of likely N-dealkylation sites (tertiary alicyclic amines) is 2. The molecular formula is C20H35N5O2. The minimum atomic E-state index is 0.0955. The van der Waals surface area contributed by atoms with Crippen LogP contribution in [0, 0.1) is 5.41 Å². The maximum absolute atomic E-state index is 11.8. The third-order valence-electron chi connectivity index (χ3n) is 7.14. The smallest absolute Gasteiger partial charge is 0.220 e. The quantitative estimate of drug-likeness (QED) is 0.563. The molecule has 2 N–H and O–H groups in total. The number of carbonyl (C=O) groups is 1. The van der Waals surface area contributed by atoms with Gasteiger partial charge in [0.15, 0.2) is 5.96 Å². The average molecular weight is 378 g/mol. The fourth-order valence-electron chi connectivity index (χ4n) is 5.55. The number of rotatable bonds is 3. The third-order valence-corrected chi connectivity index (χ3v) is 7.14. The Morgan fingerprint density at radius 3 is 2.63 bits per heavy atom. The van der Waals surface area contributed by atoms with E-state index in [9.17, 15) is 4.79 Å². The molecule has 1 unspecified atom stereocenters. The van der Waals surface area contributed by atoms with Gasteiger partial charge in [-0.25, -0.2) is 0 Å². The summed E-state index contributed by atoms with van der Waals surface area (Å²) in [7, 11) is 1.88. The highest BCUT2D eigenvalue weighted by Gasteiger charge is 2.43. The van der Waals surface area contributed by atoms with E-state index < -0.39 is 0 Å². The second kappa shape index (κ2) is 7.95. The number of aliphatic imine (C=N–C) groups is 1. The molecule has 0 saturated carbocycles. The third kappa shape index (κ3) is 3.94. The molecule has 0 bridgehead atoms. The zero-order chi connectivity index (χ0) is 18.7. The van der Waals surface area contributed by atoms with Gasteiger partial charge in [-0.05, 0) is 51.6 Å². The Morgan fingerprint density at radius 1 is 1.19 bits per heavy atom. The van der Waals surface area contributed by atoms with Crippen LogP contribution in [0.5, 0.6) is 0 Å². The monoisotopic (exact) mass is 377 g/mol. The Labute approximate surface area is 162 Å². The number of hydrogen-bond acceptors (Lipinski definition) is 4. The Bertz CT molecular complexity index is 569. The van der Waals surface area contributed by atoms with Gasteiger partial charge < -0.3 is 20.3 Å². The molecule has 0 aliphatic carbocycles. The van der Waals surface area contributed by atoms with Crippen molar-refractivity contribution in [3.8, 4) is 0 Å². The molecule has 0 aromatic heterocycles. The first-order chi connectivity index (χ1) is 13.1. The normalized spacial score (nSPS) is 32.1. The summed E-state index contributed by atoms with van der Waals surface area (Å²) < 4.78 is 5.67. The van der Waals surface area contributed by atoms with Crippen LogP contribution in [0.4, 0.5) is 0 Å². The van der Waals surface area contributed by atoms with E-state index in [2.05, 4.69) is 25.4 Å². The molecule has 4 saturated heterocycles. The SMILES string of the molecule is CN=C(NCC1(N2CCCC2)CCOCC1)N1CCCC2(CNC(=O)C2)C1. The first kappa shape index (κ1) is 19.0. The summed E-state index contributed by atoms with van der Waals surface area (Å²) in [5, 5.41) is 6.76. The van der Waals surface area contributed by atoms with Crippen LogP contribution >= 0.6 is 0 Å². The van der Waals surface area contributed by atoms with Gasteiger partial charge in [0.2, 0.25) is 5.91 Å². The zero-order valence-electron chi connectivity index (χ0n) is 16.8. The summed E-state index contributed by atoms with van der Waals surface area (Å²) >= 11 is 0. The lowest BCUT2D eigenvalue weighted by molar-refractivity contribution is -0.119. The van der Waals surface area contributed by atoms with E-state index in [1.165, 1.54) is 25.9 Å². The predicted molar refractivity (Wildman–Crippen MR) is 106 cm³/mol. The van der Waals surface area contributed by atoms with Crippen molar-refractivity contribution in [2.24, 2.45) is 10.4 Å². The van der Waals surface area contributed by atoms with Gasteiger partial charge in [-0.3, -0.25) is 14.7 Å². The van der Waals surface area contributed by atoms with Crippen LogP contribution in [0.15, 0.2) is 4.99 Å². The Hall–Kier alpha value is -1.34. The van der Waals surface area contributed by atoms with Crippen molar-refractivity contribution >= 4 is 11.9 Å². The lowest BCUT2D eigenvalue weighted by atomic mass is 9.79. The van der Waals surface area contributed by atoms with Crippen molar-refractivity contribution in [2.75, 3.05) is 59.5 Å². The van der Waals surface area contributed by atoms with E-state index in [0.29, 0.717) is 6.42 Å². The van der Waals surface area contributed by atoms with Crippen molar-refractivity contribution in [3.63, 3.8) is 0 Å². The summed E-state index contributed by atoms with van der Waals surface area (Å²) in [5.74, 6) is 1.20. The molecule has 4 heterocycles. The van der Waals surface area contributed by atoms with Gasteiger partial charge in [-0.15, -0.1) is 0 Å². The van der Waals surface area contributed by atoms with Crippen LogP contribution < -0.4 is 10.6 Å². The molecular weight excluding hydrogens is 342 g/mol. The van der Waals surface area contributed by atoms with Gasteiger partial charge >= 0.3 is 0 Å². The van der Waals surface area contributed by atoms with Gasteiger partial charge in [0.25, 0.3) is 0 Å². The number of carbonyl (C=O) groups excluding carboxylic acids is 1. The topological polar surface area (TPSA) is 69.2 Å². The second-order valence-electron chi connectivity index (χ2n) is 8.91. The summed E-state index contributed by atoms with van der Waals surface area (Å²) in [5.41, 5.74) is 0.293. The molecule has 1 spiro atoms. The number of hydrogen-bond donors (Lipinski definition) is 2. The van der Waals surface area contributed by atoms with Gasteiger partial charge in [-0.1, -0.05) is 0 Å². The highest BCUT2D eigenvalue weighted by atomic mass is 16.5. The largest absolute Gasteiger partial charge is 0.381 e. The molecule has 7 nitrogen and oxygen atoms in total. The van der Waals surface area contributed by atoms with Crippen molar-refractivity contribution in [2.45, 2.75) is 50.5 Å². The van der Waals surface area contributed by atoms with E-state index in [0.717, 1.165) is 71.0 Å². The summed E-state index contributed by atoms with van der Waals surface area (Å²) in [6.45, 7) is 7.83. The molecule has 4 rings (SSSR count). The number of guanidine groups is 1. The molecule has 27 heavy (non-hydrogen) atoms. The minimum absolute atomic E-state index is 0.0955. The zero-order valence-corrected chi connectivity index (χ0v) is 16.8. The lowest BCUT2D eigenvalue weighted by Crippen LogP contribution is -2.60. The standard InChI is InChI=1S/C20H35N5O2/c1-21-18(24-8-4-5-19(16-24)13-17(26)22-14-19)23-15-20(6-11-27-12-7-20)25-9-2-3-10-25/h2-16H2,1H3,(H,21,23)(H,22,26). The predicted octanol–water partition coefficient (Wildman–Crippen LogP) is 0.809. The van der Waals surface area contributed by atoms with Crippen LogP contribution in [0.2, 0.25) is 0 Å². The van der Waals surface area contributed by atoms with Crippen LogP contribution in [0.1, 0.15) is 44.9 Å². The van der Waals surface area contributed by atoms with Crippen LogP contribution in [0.3, 0.4) is 0 Å². The Kier molecular flexibility index (Phi) is 5.60. The second-order valence-corrected chi connectivity index (χ2v) is 8.91. The summed E-state index contributed by atoms with van der Waals surface area (Å²) in [4.78, 5) is 21.5. The van der Waals surface area contributed by atoms with Crippen molar-refractivity contribution in [1.29, 1.82) is 0 Å². The van der Waals surface area contributed by atoms with E-state index in [-0.39, 0.29) is 16.9 Å². The molecule has 1 atom stereocenters. The summed E-state index contributed by atoms with van der Waals surface area (Å²) in [6.07, 6.45) is 7.74. The molecule has 4 fully saturated rings. The number of piperidine rings is 1. The highest BCUT2D eigenvalue weighted by Crippen LogP contribution is 2.36. The fourth-order valence-corrected chi connectivity index (χ4v) is 5.55. The lowest BCUT2D eigenvalue weighted by Gasteiger charge is -2.46. The molecule has 4 aliphatic heterocycles. The molecule has 4 aliphatic rings. The molecule has 1 amide bonds. The van der Waals surface area contributed by atoms with Crippen LogP contribution in [0.25, 0.3) is 0 Å². The Morgan fingerprint density at radius 2 is 1.96 bits per heavy atom. The van der Waals surface area contributed by atoms with E-state index in [1.807, 2.05) is 7.05 Å². The van der Waals surface area contributed by atoms with Crippen molar-refractivity contribution in [1.82, 2.24) is 20.4 Å². The van der Waals surface area contributed by atoms with Crippen LogP contribution in [-0.4, -0.2) is 86.7 Å². The molecule has 0 aromatic rings. The van der Waals surface area contributed by atoms with E-state index >= 15 is 0 Å². The van der Waals surface area contributed by atoms with Gasteiger partial charge in [0.05, 0.1) is 0 Å². The molecule has 0 aromatic carbocycles. The number of nitrogens with one attached hydrogen (secondary N) is 2. The number of amides is 1. The van der Waals surface area contributed by atoms with Crippen molar-refractivity contribution < 1.29 is 9.53 Å². The fraction of sp³-hybridized carbons (Fsp3) is 0.900. The van der Waals surface area contributed by atoms with Gasteiger partial charge in [0.1, 0.15) is 0 Å². The van der Waals surface area contributed by atoms with Crippen LogP contribution in [-0.2, 0) is 9.53 Å².